The molecule has 0 aliphatic rings. The largest absolute Gasteiger partial charge is 0.574 e. The number of alkyl halides is 3. The van der Waals surface area contributed by atoms with E-state index in [0.717, 1.165) is 6.07 Å². The van der Waals surface area contributed by atoms with E-state index < -0.39 is 23.4 Å². The van der Waals surface area contributed by atoms with Crippen LogP contribution < -0.4 is 15.9 Å². The highest BCUT2D eigenvalue weighted by Gasteiger charge is 2.33. The van der Waals surface area contributed by atoms with Crippen molar-refractivity contribution in [2.45, 2.75) is 12.9 Å². The average molecular weight is 224 g/mol. The second kappa shape index (κ2) is 3.81. The van der Waals surface area contributed by atoms with Crippen LogP contribution in [0.1, 0.15) is 5.69 Å². The highest BCUT2D eigenvalue weighted by Crippen LogP contribution is 2.26. The van der Waals surface area contributed by atoms with Crippen molar-refractivity contribution in [1.29, 1.82) is 0 Å². The molecule has 1 rings (SSSR count). The normalized spacial score (nSPS) is 11.5. The lowest BCUT2D eigenvalue weighted by atomic mass is 10.3. The Balaban J connectivity index is 3.17. The Labute approximate surface area is 81.3 Å². The first kappa shape index (κ1) is 11.4. The molecule has 0 aliphatic carbocycles. The van der Waals surface area contributed by atoms with E-state index in [1.54, 1.807) is 0 Å². The quantitative estimate of drug-likeness (QED) is 0.680. The Morgan fingerprint density at radius 1 is 1.53 bits per heavy atom. The lowest BCUT2D eigenvalue weighted by Crippen LogP contribution is -2.20. The van der Waals surface area contributed by atoms with Crippen LogP contribution in [0.15, 0.2) is 10.9 Å². The van der Waals surface area contributed by atoms with Gasteiger partial charge in [-0.15, -0.1) is 13.2 Å². The van der Waals surface area contributed by atoms with E-state index in [0.29, 0.717) is 0 Å². The Bertz CT molecular complexity index is 413. The molecule has 0 spiro atoms. The molecule has 0 amide bonds. The third-order valence-electron chi connectivity index (χ3n) is 1.47. The third kappa shape index (κ3) is 2.88. The first-order chi connectivity index (χ1) is 6.83. The zero-order valence-corrected chi connectivity index (χ0v) is 7.26. The highest BCUT2D eigenvalue weighted by molar-refractivity contribution is 5.33. The van der Waals surface area contributed by atoms with Gasteiger partial charge in [0.15, 0.2) is 0 Å². The van der Waals surface area contributed by atoms with Gasteiger partial charge in [-0.3, -0.25) is 4.79 Å². The lowest BCUT2D eigenvalue weighted by molar-refractivity contribution is -0.276. The highest BCUT2D eigenvalue weighted by atomic mass is 19.4. The molecule has 4 N–H and O–H groups in total. The van der Waals surface area contributed by atoms with Crippen LogP contribution in [0.2, 0.25) is 0 Å². The summed E-state index contributed by atoms with van der Waals surface area (Å²) < 4.78 is 38.8. The molecule has 0 fully saturated rings. The number of rotatable bonds is 2. The molecule has 8 heteroatoms. The number of ether oxygens (including phenoxy) is 1. The second-order valence-electron chi connectivity index (χ2n) is 2.59. The van der Waals surface area contributed by atoms with Gasteiger partial charge in [0, 0.05) is 18.3 Å². The molecule has 0 unspecified atom stereocenters. The molecule has 0 bridgehead atoms. The van der Waals surface area contributed by atoms with Crippen molar-refractivity contribution < 1.29 is 23.0 Å². The molecular weight excluding hydrogens is 217 g/mol. The van der Waals surface area contributed by atoms with Gasteiger partial charge in [0.1, 0.15) is 0 Å². The van der Waals surface area contributed by atoms with E-state index in [2.05, 4.69) is 4.74 Å². The fourth-order valence-corrected chi connectivity index (χ4v) is 0.879. The van der Waals surface area contributed by atoms with Crippen molar-refractivity contribution in [3.8, 4) is 11.6 Å². The fraction of sp³-hybridized carbons (Fsp3) is 0.286. The SMILES string of the molecule is NCc1cc(=O)c(O)c(OC(F)(F)F)[nH]1. The monoisotopic (exact) mass is 224 g/mol. The Hall–Kier alpha value is -1.70. The molecule has 1 aromatic heterocycles. The molecular formula is C7H7F3N2O3. The van der Waals surface area contributed by atoms with Crippen molar-refractivity contribution in [2.24, 2.45) is 5.73 Å². The maximum Gasteiger partial charge on any atom is 0.574 e. The maximum absolute atomic E-state index is 11.8. The van der Waals surface area contributed by atoms with Crippen LogP contribution in [-0.4, -0.2) is 16.5 Å². The second-order valence-corrected chi connectivity index (χ2v) is 2.59. The summed E-state index contributed by atoms with van der Waals surface area (Å²) in [4.78, 5) is 13.0. The molecule has 5 nitrogen and oxygen atoms in total. The number of hydrogen-bond donors (Lipinski definition) is 3. The minimum absolute atomic E-state index is 0.0250. The molecule has 0 aromatic carbocycles. The minimum Gasteiger partial charge on any atom is -0.500 e. The summed E-state index contributed by atoms with van der Waals surface area (Å²) in [6.07, 6.45) is -4.99. The molecule has 0 saturated heterocycles. The van der Waals surface area contributed by atoms with Crippen LogP contribution in [-0.2, 0) is 6.54 Å². The van der Waals surface area contributed by atoms with Crippen molar-refractivity contribution in [1.82, 2.24) is 4.98 Å². The summed E-state index contributed by atoms with van der Waals surface area (Å²) in [7, 11) is 0. The van der Waals surface area contributed by atoms with Gasteiger partial charge in [-0.1, -0.05) is 0 Å². The van der Waals surface area contributed by atoms with E-state index in [9.17, 15) is 18.0 Å². The number of nitrogens with one attached hydrogen (secondary N) is 1. The lowest BCUT2D eigenvalue weighted by Gasteiger charge is -2.10. The van der Waals surface area contributed by atoms with Crippen molar-refractivity contribution in [3.63, 3.8) is 0 Å². The fourth-order valence-electron chi connectivity index (χ4n) is 0.879. The van der Waals surface area contributed by atoms with Gasteiger partial charge in [-0.2, -0.15) is 0 Å². The smallest absolute Gasteiger partial charge is 0.500 e. The van der Waals surface area contributed by atoms with Crippen LogP contribution in [0.4, 0.5) is 13.2 Å². The number of aromatic nitrogens is 1. The van der Waals surface area contributed by atoms with Crippen LogP contribution in [0.5, 0.6) is 11.6 Å². The molecule has 84 valence electrons. The third-order valence-corrected chi connectivity index (χ3v) is 1.47. The van der Waals surface area contributed by atoms with Gasteiger partial charge in [0.2, 0.25) is 17.1 Å². The molecule has 0 radical (unpaired) electrons. The average Bonchev–Trinajstić information content (AvgIpc) is 2.10. The number of aromatic amines is 1. The number of halogens is 3. The zero-order chi connectivity index (χ0) is 11.6. The van der Waals surface area contributed by atoms with E-state index in [4.69, 9.17) is 10.8 Å². The molecule has 1 aromatic rings. The van der Waals surface area contributed by atoms with E-state index >= 15 is 0 Å². The molecule has 0 atom stereocenters. The number of pyridine rings is 1. The Morgan fingerprint density at radius 2 is 2.13 bits per heavy atom. The Kier molecular flexibility index (Phi) is 2.89. The summed E-state index contributed by atoms with van der Waals surface area (Å²) in [6.45, 7) is -0.177. The van der Waals surface area contributed by atoms with E-state index in [1.807, 2.05) is 4.98 Å². The first-order valence-corrected chi connectivity index (χ1v) is 3.74. The summed E-state index contributed by atoms with van der Waals surface area (Å²) >= 11 is 0. The minimum atomic E-state index is -4.99. The molecule has 0 saturated carbocycles. The van der Waals surface area contributed by atoms with Gasteiger partial charge < -0.3 is 20.6 Å². The summed E-state index contributed by atoms with van der Waals surface area (Å²) in [5.74, 6) is -2.19. The van der Waals surface area contributed by atoms with Crippen LogP contribution in [0.25, 0.3) is 0 Å². The van der Waals surface area contributed by atoms with Gasteiger partial charge in [-0.25, -0.2) is 0 Å². The van der Waals surface area contributed by atoms with Gasteiger partial charge in [-0.05, 0) is 0 Å². The summed E-state index contributed by atoms with van der Waals surface area (Å²) in [5.41, 5.74) is 4.15. The van der Waals surface area contributed by atoms with Crippen LogP contribution in [0.3, 0.4) is 0 Å². The standard InChI is InChI=1S/C7H7F3N2O3/c8-7(9,10)15-6-5(14)4(13)1-3(2-11)12-6/h1,14H,2,11H2,(H,12,13). The summed E-state index contributed by atoms with van der Waals surface area (Å²) in [6, 6.07) is 0.887. The Morgan fingerprint density at radius 3 is 2.60 bits per heavy atom. The van der Waals surface area contributed by atoms with Gasteiger partial charge >= 0.3 is 6.36 Å². The van der Waals surface area contributed by atoms with Crippen molar-refractivity contribution in [3.05, 3.63) is 22.0 Å². The van der Waals surface area contributed by atoms with Crippen LogP contribution >= 0.6 is 0 Å². The molecule has 0 aliphatic heterocycles. The maximum atomic E-state index is 11.8. The number of H-pyrrole nitrogens is 1. The summed E-state index contributed by atoms with van der Waals surface area (Å²) in [5, 5.41) is 8.97. The predicted octanol–water partition coefficient (Wildman–Crippen LogP) is 0.438. The van der Waals surface area contributed by atoms with Gasteiger partial charge in [0.05, 0.1) is 0 Å². The van der Waals surface area contributed by atoms with E-state index in [1.165, 1.54) is 0 Å². The molecule has 1 heterocycles. The van der Waals surface area contributed by atoms with E-state index in [-0.39, 0.29) is 12.2 Å². The van der Waals surface area contributed by atoms with Crippen molar-refractivity contribution in [2.75, 3.05) is 0 Å². The zero-order valence-electron chi connectivity index (χ0n) is 7.26. The number of hydrogen-bond acceptors (Lipinski definition) is 4. The van der Waals surface area contributed by atoms with Crippen molar-refractivity contribution >= 4 is 0 Å². The van der Waals surface area contributed by atoms with Crippen LogP contribution in [0, 0.1) is 0 Å². The van der Waals surface area contributed by atoms with Gasteiger partial charge in [0.25, 0.3) is 0 Å². The first-order valence-electron chi connectivity index (χ1n) is 3.74. The number of aromatic hydroxyl groups is 1. The number of nitrogens with two attached hydrogens (primary N) is 1. The topological polar surface area (TPSA) is 88.3 Å². The molecule has 15 heavy (non-hydrogen) atoms. The predicted molar refractivity (Wildman–Crippen MR) is 43.3 cm³/mol.